The standard InChI is InChI=1S/C13H19NO/c1-11-10-15-12(2)8-14(11)9-13-6-4-3-5-7-13/h3-7,11-12H,8-10H2,1-2H3/t11-,12+/m1/s1. The van der Waals surface area contributed by atoms with Gasteiger partial charge in [-0.3, -0.25) is 4.90 Å². The summed E-state index contributed by atoms with van der Waals surface area (Å²) < 4.78 is 5.62. The van der Waals surface area contributed by atoms with Crippen molar-refractivity contribution in [3.8, 4) is 0 Å². The van der Waals surface area contributed by atoms with Crippen LogP contribution in [-0.2, 0) is 11.3 Å². The van der Waals surface area contributed by atoms with Crippen molar-refractivity contribution in [1.82, 2.24) is 4.90 Å². The predicted molar refractivity (Wildman–Crippen MR) is 61.7 cm³/mol. The summed E-state index contributed by atoms with van der Waals surface area (Å²) in [6.45, 7) is 7.30. The Kier molecular flexibility index (Phi) is 3.39. The maximum absolute atomic E-state index is 5.62. The van der Waals surface area contributed by atoms with Crippen molar-refractivity contribution in [3.05, 3.63) is 35.9 Å². The summed E-state index contributed by atoms with van der Waals surface area (Å²) in [5.74, 6) is 0. The van der Waals surface area contributed by atoms with Gasteiger partial charge >= 0.3 is 0 Å². The minimum Gasteiger partial charge on any atom is -0.376 e. The number of hydrogen-bond acceptors (Lipinski definition) is 2. The Balaban J connectivity index is 1.98. The second-order valence-electron chi connectivity index (χ2n) is 4.41. The van der Waals surface area contributed by atoms with Crippen molar-refractivity contribution in [2.45, 2.75) is 32.5 Å². The van der Waals surface area contributed by atoms with E-state index in [2.05, 4.69) is 49.1 Å². The Morgan fingerprint density at radius 3 is 2.73 bits per heavy atom. The highest BCUT2D eigenvalue weighted by Crippen LogP contribution is 2.14. The molecule has 0 spiro atoms. The lowest BCUT2D eigenvalue weighted by Crippen LogP contribution is -2.46. The van der Waals surface area contributed by atoms with Crippen LogP contribution in [0.3, 0.4) is 0 Å². The topological polar surface area (TPSA) is 12.5 Å². The van der Waals surface area contributed by atoms with Gasteiger partial charge in [-0.15, -0.1) is 0 Å². The molecule has 1 aliphatic heterocycles. The zero-order valence-corrected chi connectivity index (χ0v) is 9.52. The van der Waals surface area contributed by atoms with Crippen LogP contribution >= 0.6 is 0 Å². The average molecular weight is 205 g/mol. The molecule has 1 saturated heterocycles. The first-order chi connectivity index (χ1) is 7.25. The molecule has 0 saturated carbocycles. The van der Waals surface area contributed by atoms with E-state index in [4.69, 9.17) is 4.74 Å². The molecule has 0 aromatic heterocycles. The van der Waals surface area contributed by atoms with E-state index in [-0.39, 0.29) is 0 Å². The lowest BCUT2D eigenvalue weighted by Gasteiger charge is -2.36. The molecular formula is C13H19NO. The van der Waals surface area contributed by atoms with Crippen molar-refractivity contribution < 1.29 is 4.74 Å². The van der Waals surface area contributed by atoms with Gasteiger partial charge in [-0.2, -0.15) is 0 Å². The number of benzene rings is 1. The van der Waals surface area contributed by atoms with Gasteiger partial charge in [0.05, 0.1) is 12.7 Å². The predicted octanol–water partition coefficient (Wildman–Crippen LogP) is 2.30. The molecule has 15 heavy (non-hydrogen) atoms. The molecule has 0 amide bonds. The van der Waals surface area contributed by atoms with Crippen molar-refractivity contribution in [1.29, 1.82) is 0 Å². The van der Waals surface area contributed by atoms with Crippen molar-refractivity contribution in [2.24, 2.45) is 0 Å². The molecule has 2 rings (SSSR count). The number of morpholine rings is 1. The zero-order chi connectivity index (χ0) is 10.7. The first-order valence-corrected chi connectivity index (χ1v) is 5.65. The van der Waals surface area contributed by atoms with Gasteiger partial charge < -0.3 is 4.74 Å². The summed E-state index contributed by atoms with van der Waals surface area (Å²) >= 11 is 0. The summed E-state index contributed by atoms with van der Waals surface area (Å²) in [7, 11) is 0. The Labute approximate surface area is 91.9 Å². The van der Waals surface area contributed by atoms with Crippen LogP contribution in [0.15, 0.2) is 30.3 Å². The fourth-order valence-electron chi connectivity index (χ4n) is 2.01. The normalized spacial score (nSPS) is 27.9. The van der Waals surface area contributed by atoms with E-state index in [0.29, 0.717) is 12.1 Å². The smallest absolute Gasteiger partial charge is 0.0674 e. The summed E-state index contributed by atoms with van der Waals surface area (Å²) in [6, 6.07) is 11.2. The molecule has 1 heterocycles. The molecule has 1 aromatic carbocycles. The van der Waals surface area contributed by atoms with Crippen molar-refractivity contribution >= 4 is 0 Å². The van der Waals surface area contributed by atoms with E-state index in [1.807, 2.05) is 0 Å². The number of hydrogen-bond donors (Lipinski definition) is 0. The molecule has 0 unspecified atom stereocenters. The van der Waals surface area contributed by atoms with E-state index < -0.39 is 0 Å². The first-order valence-electron chi connectivity index (χ1n) is 5.65. The van der Waals surface area contributed by atoms with Crippen molar-refractivity contribution in [2.75, 3.05) is 13.2 Å². The fourth-order valence-corrected chi connectivity index (χ4v) is 2.01. The van der Waals surface area contributed by atoms with Gasteiger partial charge in [-0.1, -0.05) is 30.3 Å². The largest absolute Gasteiger partial charge is 0.376 e. The zero-order valence-electron chi connectivity index (χ0n) is 9.52. The fraction of sp³-hybridized carbons (Fsp3) is 0.538. The Hall–Kier alpha value is -0.860. The molecule has 2 heteroatoms. The minimum atomic E-state index is 0.366. The third-order valence-corrected chi connectivity index (χ3v) is 2.97. The summed E-state index contributed by atoms with van der Waals surface area (Å²) in [5.41, 5.74) is 1.39. The SMILES string of the molecule is C[C@@H]1CO[C@@H](C)CN1Cc1ccccc1. The van der Waals surface area contributed by atoms with Crippen LogP contribution in [0.2, 0.25) is 0 Å². The van der Waals surface area contributed by atoms with E-state index in [0.717, 1.165) is 19.7 Å². The van der Waals surface area contributed by atoms with Crippen LogP contribution < -0.4 is 0 Å². The first kappa shape index (κ1) is 10.7. The van der Waals surface area contributed by atoms with Crippen LogP contribution in [0.5, 0.6) is 0 Å². The van der Waals surface area contributed by atoms with Crippen molar-refractivity contribution in [3.63, 3.8) is 0 Å². The van der Waals surface area contributed by atoms with E-state index in [9.17, 15) is 0 Å². The molecule has 2 nitrogen and oxygen atoms in total. The number of rotatable bonds is 2. The molecule has 2 atom stereocenters. The minimum absolute atomic E-state index is 0.366. The van der Waals surface area contributed by atoms with Gasteiger partial charge in [0.1, 0.15) is 0 Å². The van der Waals surface area contributed by atoms with E-state index in [1.165, 1.54) is 5.56 Å². The quantitative estimate of drug-likeness (QED) is 0.734. The lowest BCUT2D eigenvalue weighted by molar-refractivity contribution is -0.0526. The van der Waals surface area contributed by atoms with E-state index >= 15 is 0 Å². The highest BCUT2D eigenvalue weighted by molar-refractivity contribution is 5.14. The molecule has 1 fully saturated rings. The van der Waals surface area contributed by atoms with E-state index in [1.54, 1.807) is 0 Å². The second-order valence-corrected chi connectivity index (χ2v) is 4.41. The molecule has 0 radical (unpaired) electrons. The maximum atomic E-state index is 5.62. The van der Waals surface area contributed by atoms with Crippen LogP contribution in [0.25, 0.3) is 0 Å². The summed E-state index contributed by atoms with van der Waals surface area (Å²) in [6.07, 6.45) is 0.366. The molecule has 0 N–H and O–H groups in total. The van der Waals surface area contributed by atoms with Crippen LogP contribution in [0.1, 0.15) is 19.4 Å². The van der Waals surface area contributed by atoms with Crippen LogP contribution in [-0.4, -0.2) is 30.2 Å². The maximum Gasteiger partial charge on any atom is 0.0674 e. The Morgan fingerprint density at radius 1 is 1.27 bits per heavy atom. The van der Waals surface area contributed by atoms with Gasteiger partial charge in [0, 0.05) is 19.1 Å². The monoisotopic (exact) mass is 205 g/mol. The number of nitrogens with zero attached hydrogens (tertiary/aromatic N) is 1. The van der Waals surface area contributed by atoms with Gasteiger partial charge in [-0.25, -0.2) is 0 Å². The third kappa shape index (κ3) is 2.80. The Morgan fingerprint density at radius 2 is 2.00 bits per heavy atom. The second kappa shape index (κ2) is 4.77. The molecule has 0 aliphatic carbocycles. The van der Waals surface area contributed by atoms with Gasteiger partial charge in [0.15, 0.2) is 0 Å². The molecule has 1 aliphatic rings. The van der Waals surface area contributed by atoms with Crippen LogP contribution in [0, 0.1) is 0 Å². The summed E-state index contributed by atoms with van der Waals surface area (Å²) in [4.78, 5) is 2.49. The molecule has 1 aromatic rings. The highest BCUT2D eigenvalue weighted by Gasteiger charge is 2.22. The average Bonchev–Trinajstić information content (AvgIpc) is 2.25. The highest BCUT2D eigenvalue weighted by atomic mass is 16.5. The summed E-state index contributed by atoms with van der Waals surface area (Å²) in [5, 5.41) is 0. The number of ether oxygens (including phenoxy) is 1. The molecule has 0 bridgehead atoms. The third-order valence-electron chi connectivity index (χ3n) is 2.97. The van der Waals surface area contributed by atoms with Gasteiger partial charge in [-0.05, 0) is 19.4 Å². The lowest BCUT2D eigenvalue weighted by atomic mass is 10.1. The van der Waals surface area contributed by atoms with Crippen LogP contribution in [0.4, 0.5) is 0 Å². The molecule has 82 valence electrons. The van der Waals surface area contributed by atoms with Gasteiger partial charge in [0.25, 0.3) is 0 Å². The van der Waals surface area contributed by atoms with Gasteiger partial charge in [0.2, 0.25) is 0 Å². The Bertz CT molecular complexity index is 299. The molecular weight excluding hydrogens is 186 g/mol.